The van der Waals surface area contributed by atoms with Crippen molar-refractivity contribution in [1.82, 2.24) is 9.97 Å². The molecular weight excluding hydrogens is 272 g/mol. The van der Waals surface area contributed by atoms with E-state index in [0.29, 0.717) is 10.7 Å². The molecule has 0 aliphatic heterocycles. The molecule has 0 aromatic carbocycles. The highest BCUT2D eigenvalue weighted by molar-refractivity contribution is 7.13. The number of hydrogen-bond acceptors (Lipinski definition) is 5. The molecule has 2 aromatic rings. The van der Waals surface area contributed by atoms with Crippen molar-refractivity contribution in [1.29, 1.82) is 0 Å². The second kappa shape index (κ2) is 6.47. The van der Waals surface area contributed by atoms with E-state index in [1.165, 1.54) is 11.3 Å². The molecule has 0 unspecified atom stereocenters. The van der Waals surface area contributed by atoms with Gasteiger partial charge in [-0.1, -0.05) is 6.92 Å². The van der Waals surface area contributed by atoms with Crippen LogP contribution >= 0.6 is 11.3 Å². The largest absolute Gasteiger partial charge is 0.370 e. The number of pyridine rings is 1. The summed E-state index contributed by atoms with van der Waals surface area (Å²) in [5.74, 6) is 0.572. The van der Waals surface area contributed by atoms with Crippen molar-refractivity contribution in [3.05, 3.63) is 34.5 Å². The molecular formula is C14H18N4OS. The van der Waals surface area contributed by atoms with E-state index in [1.54, 1.807) is 6.07 Å². The lowest BCUT2D eigenvalue weighted by atomic mass is 10.2. The highest BCUT2D eigenvalue weighted by atomic mass is 32.1. The molecule has 0 saturated carbocycles. The first kappa shape index (κ1) is 14.5. The van der Waals surface area contributed by atoms with Gasteiger partial charge in [0, 0.05) is 23.2 Å². The summed E-state index contributed by atoms with van der Waals surface area (Å²) in [6, 6.07) is 3.58. The van der Waals surface area contributed by atoms with Crippen LogP contribution in [0.2, 0.25) is 0 Å². The highest BCUT2D eigenvalue weighted by Gasteiger charge is 2.11. The number of carbonyl (C=O) groups excluding carboxylic acids is 1. The Kier molecular flexibility index (Phi) is 4.68. The molecule has 0 saturated heterocycles. The Hall–Kier alpha value is -1.95. The zero-order valence-electron chi connectivity index (χ0n) is 11.9. The van der Waals surface area contributed by atoms with Crippen molar-refractivity contribution in [3.8, 4) is 0 Å². The molecule has 0 atom stereocenters. The average Bonchev–Trinajstić information content (AvgIpc) is 2.84. The van der Waals surface area contributed by atoms with Crippen molar-refractivity contribution in [3.63, 3.8) is 0 Å². The Balaban J connectivity index is 2.21. The second-order valence-electron chi connectivity index (χ2n) is 4.36. The number of nitrogens with one attached hydrogen (secondary N) is 2. The fourth-order valence-electron chi connectivity index (χ4n) is 1.75. The number of aromatic nitrogens is 2. The SMILES string of the molecule is CCNc1cc(C(=O)Nc2nc(C)cs2)cc(CC)n1. The molecule has 0 spiro atoms. The minimum absolute atomic E-state index is 0.157. The molecule has 2 heterocycles. The fourth-order valence-corrected chi connectivity index (χ4v) is 2.44. The van der Waals surface area contributed by atoms with Gasteiger partial charge in [0.15, 0.2) is 5.13 Å². The highest BCUT2D eigenvalue weighted by Crippen LogP contribution is 2.17. The van der Waals surface area contributed by atoms with Gasteiger partial charge in [-0.2, -0.15) is 0 Å². The van der Waals surface area contributed by atoms with Gasteiger partial charge in [0.2, 0.25) is 0 Å². The van der Waals surface area contributed by atoms with Crippen LogP contribution in [0.25, 0.3) is 0 Å². The van der Waals surface area contributed by atoms with Crippen LogP contribution in [0.1, 0.15) is 35.6 Å². The van der Waals surface area contributed by atoms with Crippen LogP contribution < -0.4 is 10.6 Å². The predicted molar refractivity (Wildman–Crippen MR) is 82.6 cm³/mol. The lowest BCUT2D eigenvalue weighted by molar-refractivity contribution is 0.102. The predicted octanol–water partition coefficient (Wildman–Crippen LogP) is 3.09. The van der Waals surface area contributed by atoms with Crippen LogP contribution in [-0.2, 0) is 6.42 Å². The summed E-state index contributed by atoms with van der Waals surface area (Å²) < 4.78 is 0. The molecule has 2 aromatic heterocycles. The fraction of sp³-hybridized carbons (Fsp3) is 0.357. The Morgan fingerprint density at radius 1 is 1.30 bits per heavy atom. The normalized spacial score (nSPS) is 10.3. The summed E-state index contributed by atoms with van der Waals surface area (Å²) in [4.78, 5) is 20.9. The summed E-state index contributed by atoms with van der Waals surface area (Å²) >= 11 is 1.42. The second-order valence-corrected chi connectivity index (χ2v) is 5.22. The number of hydrogen-bond donors (Lipinski definition) is 2. The Labute approximate surface area is 122 Å². The molecule has 6 heteroatoms. The Bertz CT molecular complexity index is 609. The summed E-state index contributed by atoms with van der Waals surface area (Å²) in [6.45, 7) is 6.69. The number of aryl methyl sites for hydroxylation is 2. The van der Waals surface area contributed by atoms with Gasteiger partial charge in [0.25, 0.3) is 5.91 Å². The van der Waals surface area contributed by atoms with Gasteiger partial charge in [-0.15, -0.1) is 11.3 Å². The summed E-state index contributed by atoms with van der Waals surface area (Å²) in [7, 11) is 0. The van der Waals surface area contributed by atoms with Crippen LogP contribution in [0, 0.1) is 6.92 Å². The quantitative estimate of drug-likeness (QED) is 0.888. The zero-order chi connectivity index (χ0) is 14.5. The van der Waals surface area contributed by atoms with Crippen LogP contribution in [0.15, 0.2) is 17.5 Å². The minimum atomic E-state index is -0.157. The van der Waals surface area contributed by atoms with E-state index >= 15 is 0 Å². The van der Waals surface area contributed by atoms with Crippen LogP contribution in [0.5, 0.6) is 0 Å². The number of carbonyl (C=O) groups is 1. The third kappa shape index (κ3) is 3.54. The van der Waals surface area contributed by atoms with Crippen molar-refractivity contribution in [2.24, 2.45) is 0 Å². The topological polar surface area (TPSA) is 66.9 Å². The lowest BCUT2D eigenvalue weighted by Crippen LogP contribution is -2.13. The maximum absolute atomic E-state index is 12.2. The van der Waals surface area contributed by atoms with Gasteiger partial charge in [-0.3, -0.25) is 10.1 Å². The molecule has 2 rings (SSSR count). The van der Waals surface area contributed by atoms with Gasteiger partial charge in [-0.25, -0.2) is 9.97 Å². The van der Waals surface area contributed by atoms with Gasteiger partial charge < -0.3 is 5.32 Å². The summed E-state index contributed by atoms with van der Waals surface area (Å²) in [5.41, 5.74) is 2.40. The van der Waals surface area contributed by atoms with E-state index in [2.05, 4.69) is 20.6 Å². The van der Waals surface area contributed by atoms with Crippen LogP contribution in [0.4, 0.5) is 10.9 Å². The first-order chi connectivity index (χ1) is 9.62. The molecule has 0 aliphatic rings. The first-order valence-electron chi connectivity index (χ1n) is 6.60. The van der Waals surface area contributed by atoms with Gasteiger partial charge in [0.1, 0.15) is 5.82 Å². The maximum atomic E-state index is 12.2. The first-order valence-corrected chi connectivity index (χ1v) is 7.48. The number of thiazole rings is 1. The average molecular weight is 290 g/mol. The molecule has 20 heavy (non-hydrogen) atoms. The molecule has 1 amide bonds. The van der Waals surface area contributed by atoms with Crippen LogP contribution in [0.3, 0.4) is 0 Å². The van der Waals surface area contributed by atoms with E-state index in [1.807, 2.05) is 32.2 Å². The van der Waals surface area contributed by atoms with Crippen LogP contribution in [-0.4, -0.2) is 22.4 Å². The molecule has 0 radical (unpaired) electrons. The van der Waals surface area contributed by atoms with Crippen molar-refractivity contribution in [2.75, 3.05) is 17.2 Å². The van der Waals surface area contributed by atoms with E-state index in [4.69, 9.17) is 0 Å². The molecule has 5 nitrogen and oxygen atoms in total. The van der Waals surface area contributed by atoms with Crippen molar-refractivity contribution < 1.29 is 4.79 Å². The van der Waals surface area contributed by atoms with Crippen molar-refractivity contribution >= 4 is 28.2 Å². The smallest absolute Gasteiger partial charge is 0.257 e. The van der Waals surface area contributed by atoms with Gasteiger partial charge in [-0.05, 0) is 32.4 Å². The van der Waals surface area contributed by atoms with E-state index in [-0.39, 0.29) is 5.91 Å². The third-order valence-electron chi connectivity index (χ3n) is 2.70. The summed E-state index contributed by atoms with van der Waals surface area (Å²) in [6.07, 6.45) is 0.788. The standard InChI is InChI=1S/C14H18N4OS/c1-4-11-6-10(7-12(17-11)15-5-2)13(19)18-14-16-9(3)8-20-14/h6-8H,4-5H2,1-3H3,(H,15,17)(H,16,18,19). The van der Waals surface area contributed by atoms with Gasteiger partial charge >= 0.3 is 0 Å². The van der Waals surface area contributed by atoms with E-state index in [9.17, 15) is 4.79 Å². The third-order valence-corrected chi connectivity index (χ3v) is 3.58. The minimum Gasteiger partial charge on any atom is -0.370 e. The number of nitrogens with zero attached hydrogens (tertiary/aromatic N) is 2. The Morgan fingerprint density at radius 2 is 2.10 bits per heavy atom. The van der Waals surface area contributed by atoms with Crippen molar-refractivity contribution in [2.45, 2.75) is 27.2 Å². The van der Waals surface area contributed by atoms with Gasteiger partial charge in [0.05, 0.1) is 5.69 Å². The molecule has 106 valence electrons. The number of rotatable bonds is 5. The number of amides is 1. The summed E-state index contributed by atoms with van der Waals surface area (Å²) in [5, 5.41) is 8.48. The van der Waals surface area contributed by atoms with E-state index < -0.39 is 0 Å². The molecule has 0 bridgehead atoms. The molecule has 0 fully saturated rings. The lowest BCUT2D eigenvalue weighted by Gasteiger charge is -2.08. The Morgan fingerprint density at radius 3 is 2.70 bits per heavy atom. The monoisotopic (exact) mass is 290 g/mol. The van der Waals surface area contributed by atoms with E-state index in [0.717, 1.165) is 30.2 Å². The maximum Gasteiger partial charge on any atom is 0.257 e. The molecule has 0 aliphatic carbocycles. The molecule has 2 N–H and O–H groups in total. The number of anilines is 2. The zero-order valence-corrected chi connectivity index (χ0v) is 12.7.